The highest BCUT2D eigenvalue weighted by Crippen LogP contribution is 2.23. The van der Waals surface area contributed by atoms with Crippen LogP contribution in [0.2, 0.25) is 10.0 Å². The van der Waals surface area contributed by atoms with Crippen LogP contribution in [0.3, 0.4) is 0 Å². The summed E-state index contributed by atoms with van der Waals surface area (Å²) in [6, 6.07) is 5.71. The second-order valence-corrected chi connectivity index (χ2v) is 5.10. The number of hydrogen-bond acceptors (Lipinski definition) is 3. The van der Waals surface area contributed by atoms with Crippen molar-refractivity contribution in [3.63, 3.8) is 0 Å². The average Bonchev–Trinajstić information content (AvgIpc) is 2.40. The van der Waals surface area contributed by atoms with Crippen molar-refractivity contribution >= 4 is 40.8 Å². The second-order valence-electron chi connectivity index (χ2n) is 4.25. The molecule has 1 aromatic heterocycles. The molecule has 21 heavy (non-hydrogen) atoms. The molecule has 2 N–H and O–H groups in total. The van der Waals surface area contributed by atoms with Crippen molar-refractivity contribution in [3.8, 4) is 0 Å². The molecule has 0 saturated carbocycles. The number of nitrogens with zero attached hydrogens (tertiary/aromatic N) is 1. The molecule has 108 valence electrons. The molecule has 0 atom stereocenters. The first-order chi connectivity index (χ1) is 9.88. The molecule has 2 rings (SSSR count). The molecule has 5 nitrogen and oxygen atoms in total. The van der Waals surface area contributed by atoms with E-state index in [1.54, 1.807) is 13.0 Å². The molecular weight excluding hydrogens is 315 g/mol. The van der Waals surface area contributed by atoms with Gasteiger partial charge in [0.05, 0.1) is 21.8 Å². The van der Waals surface area contributed by atoms with Crippen LogP contribution in [0.15, 0.2) is 30.5 Å². The number of amides is 1. The molecule has 0 aliphatic rings. The van der Waals surface area contributed by atoms with E-state index in [2.05, 4.69) is 10.3 Å². The lowest BCUT2D eigenvalue weighted by Crippen LogP contribution is -2.15. The minimum absolute atomic E-state index is 0.105. The summed E-state index contributed by atoms with van der Waals surface area (Å²) in [5.74, 6) is -1.74. The van der Waals surface area contributed by atoms with Crippen molar-refractivity contribution in [2.75, 3.05) is 5.32 Å². The number of aromatic carboxylic acids is 1. The van der Waals surface area contributed by atoms with Crippen LogP contribution in [-0.4, -0.2) is 22.0 Å². The number of hydrogen-bond donors (Lipinski definition) is 2. The third-order valence-electron chi connectivity index (χ3n) is 2.70. The number of carbonyl (C=O) groups is 2. The van der Waals surface area contributed by atoms with Gasteiger partial charge < -0.3 is 10.4 Å². The average molecular weight is 325 g/mol. The molecule has 1 heterocycles. The lowest BCUT2D eigenvalue weighted by atomic mass is 10.1. The number of carbonyl (C=O) groups excluding carboxylic acids is 1. The van der Waals surface area contributed by atoms with Gasteiger partial charge in [-0.2, -0.15) is 0 Å². The van der Waals surface area contributed by atoms with Gasteiger partial charge in [0.25, 0.3) is 5.91 Å². The molecular formula is C14H10Cl2N2O3. The number of anilines is 1. The Hall–Kier alpha value is -2.11. The maximum absolute atomic E-state index is 12.1. The minimum atomic E-state index is -1.19. The van der Waals surface area contributed by atoms with Gasteiger partial charge in [0.1, 0.15) is 0 Å². The van der Waals surface area contributed by atoms with E-state index >= 15 is 0 Å². The van der Waals surface area contributed by atoms with Crippen LogP contribution in [0.5, 0.6) is 0 Å². The number of carboxylic acids is 1. The fourth-order valence-corrected chi connectivity index (χ4v) is 2.15. The Kier molecular flexibility index (Phi) is 4.45. The molecule has 2 aromatic rings. The zero-order valence-corrected chi connectivity index (χ0v) is 12.4. The van der Waals surface area contributed by atoms with Crippen LogP contribution < -0.4 is 5.32 Å². The van der Waals surface area contributed by atoms with E-state index in [-0.39, 0.29) is 26.9 Å². The van der Waals surface area contributed by atoms with Crippen molar-refractivity contribution in [2.24, 2.45) is 0 Å². The number of rotatable bonds is 3. The summed E-state index contributed by atoms with van der Waals surface area (Å²) in [7, 11) is 0. The monoisotopic (exact) mass is 324 g/mol. The predicted octanol–water partition coefficient (Wildman–Crippen LogP) is 3.65. The number of aryl methyl sites for hydroxylation is 1. The van der Waals surface area contributed by atoms with Gasteiger partial charge in [0.15, 0.2) is 0 Å². The Morgan fingerprint density at radius 3 is 2.52 bits per heavy atom. The molecule has 1 amide bonds. The summed E-state index contributed by atoms with van der Waals surface area (Å²) in [5.41, 5.74) is 0.864. The first kappa shape index (κ1) is 15.3. The highest BCUT2D eigenvalue weighted by molar-refractivity contribution is 6.34. The molecule has 0 unspecified atom stereocenters. The van der Waals surface area contributed by atoms with Crippen LogP contribution >= 0.6 is 23.2 Å². The molecule has 0 aliphatic heterocycles. The van der Waals surface area contributed by atoms with Crippen LogP contribution in [-0.2, 0) is 0 Å². The Bertz CT molecular complexity index is 732. The Morgan fingerprint density at radius 2 is 1.90 bits per heavy atom. The topological polar surface area (TPSA) is 79.3 Å². The van der Waals surface area contributed by atoms with Gasteiger partial charge >= 0.3 is 5.97 Å². The summed E-state index contributed by atoms with van der Waals surface area (Å²) in [5, 5.41) is 12.1. The Balaban J connectivity index is 2.34. The third-order valence-corrected chi connectivity index (χ3v) is 3.24. The van der Waals surface area contributed by atoms with E-state index in [4.69, 9.17) is 28.3 Å². The molecule has 0 spiro atoms. The van der Waals surface area contributed by atoms with Crippen LogP contribution in [0, 0.1) is 6.92 Å². The summed E-state index contributed by atoms with van der Waals surface area (Å²) in [6.45, 7) is 1.75. The molecule has 7 heteroatoms. The maximum atomic E-state index is 12.1. The normalized spacial score (nSPS) is 10.2. The van der Waals surface area contributed by atoms with Gasteiger partial charge in [-0.3, -0.25) is 9.78 Å². The lowest BCUT2D eigenvalue weighted by molar-refractivity contribution is 0.0698. The van der Waals surface area contributed by atoms with Crippen molar-refractivity contribution in [3.05, 3.63) is 57.3 Å². The lowest BCUT2D eigenvalue weighted by Gasteiger charge is -2.10. The number of nitrogens with one attached hydrogen (secondary N) is 1. The van der Waals surface area contributed by atoms with Crippen molar-refractivity contribution < 1.29 is 14.7 Å². The van der Waals surface area contributed by atoms with Gasteiger partial charge in [0, 0.05) is 16.9 Å². The maximum Gasteiger partial charge on any atom is 0.337 e. The summed E-state index contributed by atoms with van der Waals surface area (Å²) < 4.78 is 0. The van der Waals surface area contributed by atoms with E-state index in [9.17, 15) is 9.59 Å². The van der Waals surface area contributed by atoms with E-state index in [0.717, 1.165) is 0 Å². The van der Waals surface area contributed by atoms with Crippen LogP contribution in [0.4, 0.5) is 5.69 Å². The molecule has 0 radical (unpaired) electrons. The number of halogens is 2. The number of carboxylic acid groups (broad SMARTS) is 1. The molecule has 0 bridgehead atoms. The van der Waals surface area contributed by atoms with Crippen LogP contribution in [0.25, 0.3) is 0 Å². The number of benzene rings is 1. The van der Waals surface area contributed by atoms with Crippen molar-refractivity contribution in [1.82, 2.24) is 4.98 Å². The number of aromatic nitrogens is 1. The van der Waals surface area contributed by atoms with Crippen molar-refractivity contribution in [1.29, 1.82) is 0 Å². The van der Waals surface area contributed by atoms with Crippen LogP contribution in [0.1, 0.15) is 26.4 Å². The van der Waals surface area contributed by atoms with Crippen molar-refractivity contribution in [2.45, 2.75) is 6.92 Å². The fraction of sp³-hybridized carbons (Fsp3) is 0.0714. The van der Waals surface area contributed by atoms with Gasteiger partial charge in [-0.1, -0.05) is 23.2 Å². The zero-order valence-electron chi connectivity index (χ0n) is 10.9. The predicted molar refractivity (Wildman–Crippen MR) is 80.3 cm³/mol. The second kappa shape index (κ2) is 6.11. The number of pyridine rings is 1. The molecule has 0 aliphatic carbocycles. The Morgan fingerprint density at radius 1 is 1.19 bits per heavy atom. The fourth-order valence-electron chi connectivity index (χ4n) is 1.69. The molecule has 0 saturated heterocycles. The van der Waals surface area contributed by atoms with Gasteiger partial charge in [-0.25, -0.2) is 4.79 Å². The van der Waals surface area contributed by atoms with Gasteiger partial charge in [0.2, 0.25) is 0 Å². The highest BCUT2D eigenvalue weighted by atomic mass is 35.5. The summed E-state index contributed by atoms with van der Waals surface area (Å²) >= 11 is 11.7. The summed E-state index contributed by atoms with van der Waals surface area (Å²) in [6.07, 6.45) is 1.34. The van der Waals surface area contributed by atoms with Gasteiger partial charge in [-0.15, -0.1) is 0 Å². The first-order valence-corrected chi connectivity index (χ1v) is 6.60. The standard InChI is InChI=1S/C14H10Cl2N2O3/c1-7-4-11(16)10(6-17-7)13(19)18-12-3-2-8(15)5-9(12)14(20)21/h2-6H,1H3,(H,18,19)(H,20,21). The van der Waals surface area contributed by atoms with E-state index in [0.29, 0.717) is 5.69 Å². The third kappa shape index (κ3) is 3.51. The first-order valence-electron chi connectivity index (χ1n) is 5.85. The Labute approximate surface area is 130 Å². The SMILES string of the molecule is Cc1cc(Cl)c(C(=O)Nc2ccc(Cl)cc2C(=O)O)cn1. The smallest absolute Gasteiger partial charge is 0.337 e. The minimum Gasteiger partial charge on any atom is -0.478 e. The quantitative estimate of drug-likeness (QED) is 0.903. The summed E-state index contributed by atoms with van der Waals surface area (Å²) in [4.78, 5) is 27.3. The molecule has 0 fully saturated rings. The van der Waals surface area contributed by atoms with Gasteiger partial charge in [-0.05, 0) is 31.2 Å². The van der Waals surface area contributed by atoms with E-state index < -0.39 is 11.9 Å². The highest BCUT2D eigenvalue weighted by Gasteiger charge is 2.16. The van der Waals surface area contributed by atoms with E-state index in [1.165, 1.54) is 24.4 Å². The molecule has 1 aromatic carbocycles. The zero-order chi connectivity index (χ0) is 15.6. The van der Waals surface area contributed by atoms with E-state index in [1.807, 2.05) is 0 Å². The largest absolute Gasteiger partial charge is 0.478 e.